The van der Waals surface area contributed by atoms with Gasteiger partial charge in [0.25, 0.3) is 0 Å². The van der Waals surface area contributed by atoms with Crippen LogP contribution in [0.5, 0.6) is 0 Å². The lowest BCUT2D eigenvalue weighted by Crippen LogP contribution is -2.46. The Hall–Kier alpha value is -2.17. The summed E-state index contributed by atoms with van der Waals surface area (Å²) in [5.74, 6) is -4.55. The summed E-state index contributed by atoms with van der Waals surface area (Å²) in [5, 5.41) is 2.27. The number of hydrogen-bond acceptors (Lipinski definition) is 4. The molecule has 1 aromatic rings. The molecule has 0 radical (unpaired) electrons. The number of hydrogen-bond donors (Lipinski definition) is 1. The van der Waals surface area contributed by atoms with Crippen molar-refractivity contribution < 1.29 is 41.0 Å². The van der Waals surface area contributed by atoms with Crippen molar-refractivity contribution in [1.29, 1.82) is 0 Å². The number of alkyl halides is 3. The molecule has 0 spiro atoms. The number of alkyl carbamates (subject to hydrolysis) is 1. The second-order valence-electron chi connectivity index (χ2n) is 9.31. The molecule has 1 N–H and O–H groups in total. The van der Waals surface area contributed by atoms with Gasteiger partial charge in [-0.2, -0.15) is 13.2 Å². The van der Waals surface area contributed by atoms with Gasteiger partial charge in [0, 0.05) is 14.5 Å². The molecule has 1 aromatic carbocycles. The van der Waals surface area contributed by atoms with Gasteiger partial charge in [-0.1, -0.05) is 19.6 Å². The number of ether oxygens (including phenoxy) is 2. The molecular weight excluding hydrogens is 441 g/mol. The highest BCUT2D eigenvalue weighted by Crippen LogP contribution is 2.34. The average molecular weight is 470 g/mol. The molecule has 1 amide bonds. The molecule has 11 heteroatoms. The van der Waals surface area contributed by atoms with Gasteiger partial charge in [-0.3, -0.25) is 0 Å². The number of nitrogens with one attached hydrogen (secondary N) is 1. The number of rotatable bonds is 7. The number of carbonyl (C=O) groups excluding carboxylic acids is 2. The summed E-state index contributed by atoms with van der Waals surface area (Å²) >= 11 is 0. The molecule has 0 saturated carbocycles. The van der Waals surface area contributed by atoms with Gasteiger partial charge in [-0.05, 0) is 44.5 Å². The largest absolute Gasteiger partial charge is 0.458 e. The van der Waals surface area contributed by atoms with Crippen LogP contribution < -0.4 is 5.32 Å². The van der Waals surface area contributed by atoms with Crippen LogP contribution >= 0.6 is 0 Å². The highest BCUT2D eigenvalue weighted by molar-refractivity contribution is 6.76. The molecule has 0 aliphatic heterocycles. The Kier molecular flexibility index (Phi) is 8.64. The van der Waals surface area contributed by atoms with Crippen LogP contribution in [-0.4, -0.2) is 38.4 Å². The number of benzene rings is 1. The number of amides is 1. The normalized spacial score (nSPS) is 13.5. The van der Waals surface area contributed by atoms with Crippen molar-refractivity contribution in [3.8, 4) is 0 Å². The summed E-state index contributed by atoms with van der Waals surface area (Å²) in [6, 6.07) is 0.199. The smallest absolute Gasteiger partial charge is 0.422 e. The standard InChI is InChI=1S/C20H28F5NO4Si/c1-19(2,3)30-17(27)15(26-18(28)29-7-8-31(4,5)6)11-12-9-13(21)16(14(22)10-12)20(23,24)25/h9-10,15H,7-8,11H2,1-6H3,(H,26,28). The van der Waals surface area contributed by atoms with Crippen LogP contribution in [0.2, 0.25) is 25.7 Å². The monoisotopic (exact) mass is 469 g/mol. The maximum absolute atomic E-state index is 13.9. The summed E-state index contributed by atoms with van der Waals surface area (Å²) in [6.07, 6.45) is -6.65. The lowest BCUT2D eigenvalue weighted by Gasteiger charge is -2.25. The van der Waals surface area contributed by atoms with E-state index in [-0.39, 0.29) is 12.2 Å². The van der Waals surface area contributed by atoms with Gasteiger partial charge in [-0.15, -0.1) is 0 Å². The van der Waals surface area contributed by atoms with E-state index in [1.807, 2.05) is 0 Å². The van der Waals surface area contributed by atoms with Crippen LogP contribution in [-0.2, 0) is 26.9 Å². The highest BCUT2D eigenvalue weighted by Gasteiger charge is 2.38. The van der Waals surface area contributed by atoms with E-state index in [9.17, 15) is 31.5 Å². The van der Waals surface area contributed by atoms with E-state index in [4.69, 9.17) is 9.47 Å². The zero-order chi connectivity index (χ0) is 24.2. The van der Waals surface area contributed by atoms with E-state index in [0.717, 1.165) is 0 Å². The Labute approximate surface area is 179 Å². The van der Waals surface area contributed by atoms with Gasteiger partial charge < -0.3 is 14.8 Å². The minimum Gasteiger partial charge on any atom is -0.458 e. The van der Waals surface area contributed by atoms with E-state index >= 15 is 0 Å². The van der Waals surface area contributed by atoms with Crippen LogP contribution in [0.4, 0.5) is 26.7 Å². The highest BCUT2D eigenvalue weighted by atomic mass is 28.3. The molecule has 0 heterocycles. The third kappa shape index (κ3) is 9.66. The van der Waals surface area contributed by atoms with Crippen molar-refractivity contribution in [3.05, 3.63) is 34.9 Å². The molecule has 0 saturated heterocycles. The first kappa shape index (κ1) is 26.9. The summed E-state index contributed by atoms with van der Waals surface area (Å²) in [7, 11) is -1.48. The van der Waals surface area contributed by atoms with Gasteiger partial charge in [-0.25, -0.2) is 18.4 Å². The molecule has 176 valence electrons. The van der Waals surface area contributed by atoms with E-state index in [1.54, 1.807) is 20.8 Å². The fourth-order valence-corrected chi connectivity index (χ4v) is 3.16. The fraction of sp³-hybridized carbons (Fsp3) is 0.600. The summed E-state index contributed by atoms with van der Waals surface area (Å²) in [5.41, 5.74) is -3.22. The molecule has 1 unspecified atom stereocenters. The average Bonchev–Trinajstić information content (AvgIpc) is 2.49. The van der Waals surface area contributed by atoms with Crippen LogP contribution in [0, 0.1) is 11.6 Å². The number of esters is 1. The summed E-state index contributed by atoms with van der Waals surface area (Å²) in [6.45, 7) is 11.1. The van der Waals surface area contributed by atoms with Crippen molar-refractivity contribution >= 4 is 20.1 Å². The third-order valence-electron chi connectivity index (χ3n) is 3.89. The first-order chi connectivity index (χ1) is 13.9. The van der Waals surface area contributed by atoms with Gasteiger partial charge in [0.15, 0.2) is 0 Å². The van der Waals surface area contributed by atoms with Gasteiger partial charge in [0.05, 0.1) is 6.61 Å². The van der Waals surface area contributed by atoms with Gasteiger partial charge in [0.1, 0.15) is 28.8 Å². The Morgan fingerprint density at radius 1 is 1.06 bits per heavy atom. The zero-order valence-corrected chi connectivity index (χ0v) is 19.4. The maximum atomic E-state index is 13.9. The van der Waals surface area contributed by atoms with Crippen LogP contribution in [0.3, 0.4) is 0 Å². The van der Waals surface area contributed by atoms with Gasteiger partial charge >= 0.3 is 18.2 Å². The van der Waals surface area contributed by atoms with E-state index in [0.29, 0.717) is 18.2 Å². The molecule has 0 aromatic heterocycles. The van der Waals surface area contributed by atoms with Crippen molar-refractivity contribution in [2.75, 3.05) is 6.61 Å². The second-order valence-corrected chi connectivity index (χ2v) is 14.9. The lowest BCUT2D eigenvalue weighted by atomic mass is 10.0. The minimum atomic E-state index is -5.21. The molecule has 31 heavy (non-hydrogen) atoms. The molecule has 1 rings (SSSR count). The third-order valence-corrected chi connectivity index (χ3v) is 5.60. The van der Waals surface area contributed by atoms with E-state index in [2.05, 4.69) is 25.0 Å². The summed E-state index contributed by atoms with van der Waals surface area (Å²) in [4.78, 5) is 24.6. The van der Waals surface area contributed by atoms with Crippen LogP contribution in [0.15, 0.2) is 12.1 Å². The van der Waals surface area contributed by atoms with E-state index in [1.165, 1.54) is 0 Å². The van der Waals surface area contributed by atoms with Crippen molar-refractivity contribution in [2.45, 2.75) is 70.7 Å². The van der Waals surface area contributed by atoms with Crippen LogP contribution in [0.1, 0.15) is 31.9 Å². The van der Waals surface area contributed by atoms with Gasteiger partial charge in [0.2, 0.25) is 0 Å². The minimum absolute atomic E-state index is 0.117. The first-order valence-corrected chi connectivity index (χ1v) is 13.3. The predicted molar refractivity (Wildman–Crippen MR) is 107 cm³/mol. The topological polar surface area (TPSA) is 64.6 Å². The predicted octanol–water partition coefficient (Wildman–Crippen LogP) is 5.30. The number of halogens is 5. The molecule has 0 fully saturated rings. The Bertz CT molecular complexity index is 777. The Morgan fingerprint density at radius 3 is 2.00 bits per heavy atom. The molecule has 5 nitrogen and oxygen atoms in total. The molecule has 0 aliphatic rings. The quantitative estimate of drug-likeness (QED) is 0.334. The van der Waals surface area contributed by atoms with Crippen LogP contribution in [0.25, 0.3) is 0 Å². The number of carbonyl (C=O) groups is 2. The van der Waals surface area contributed by atoms with E-state index < -0.39 is 61.6 Å². The summed E-state index contributed by atoms with van der Waals surface area (Å²) < 4.78 is 76.3. The lowest BCUT2D eigenvalue weighted by molar-refractivity contribution is -0.157. The maximum Gasteiger partial charge on any atom is 0.422 e. The molecular formula is C20H28F5NO4Si. The van der Waals surface area contributed by atoms with Crippen molar-refractivity contribution in [3.63, 3.8) is 0 Å². The van der Waals surface area contributed by atoms with Crippen molar-refractivity contribution in [1.82, 2.24) is 5.32 Å². The SMILES string of the molecule is CC(C)(C)OC(=O)C(Cc1cc(F)c(C(F)(F)F)c(F)c1)NC(=O)OCC[Si](C)(C)C. The molecule has 1 atom stereocenters. The zero-order valence-electron chi connectivity index (χ0n) is 18.4. The Balaban J connectivity index is 3.05. The van der Waals surface area contributed by atoms with Crippen molar-refractivity contribution in [2.24, 2.45) is 0 Å². The fourth-order valence-electron chi connectivity index (χ4n) is 2.45. The Morgan fingerprint density at radius 2 is 1.58 bits per heavy atom. The molecule has 0 bridgehead atoms. The molecule has 0 aliphatic carbocycles. The second kappa shape index (κ2) is 9.97. The first-order valence-electron chi connectivity index (χ1n) is 9.60.